The Hall–Kier alpha value is -1.35. The Balaban J connectivity index is 2.13. The Bertz CT molecular complexity index is 478. The first-order chi connectivity index (χ1) is 9.97. The lowest BCUT2D eigenvalue weighted by Gasteiger charge is -2.40. The molecule has 1 aliphatic rings. The van der Waals surface area contributed by atoms with Crippen LogP contribution in [0, 0.1) is 13.8 Å². The lowest BCUT2D eigenvalue weighted by atomic mass is 9.93. The van der Waals surface area contributed by atoms with Crippen LogP contribution in [-0.4, -0.2) is 28.6 Å². The number of likely N-dealkylation sites (tertiary alicyclic amines) is 1. The summed E-state index contributed by atoms with van der Waals surface area (Å²) < 4.78 is 0. The molecular formula is C18H27NO2. The zero-order valence-electron chi connectivity index (χ0n) is 13.4. The molecule has 0 spiro atoms. The molecule has 1 aromatic carbocycles. The standard InChI is InChI=1S/C18H27NO2/c1-13-10-14(2)12-16(11-13)15(3)19-9-5-4-6-17(19)7-8-18(20)21/h10-12,15,17H,4-9H2,1-3H3,(H,20,21). The number of piperidine rings is 1. The fraction of sp³-hybridized carbons (Fsp3) is 0.611. The van der Waals surface area contributed by atoms with E-state index in [1.54, 1.807) is 0 Å². The molecule has 1 aliphatic heterocycles. The van der Waals surface area contributed by atoms with Crippen molar-refractivity contribution in [3.8, 4) is 0 Å². The van der Waals surface area contributed by atoms with Crippen molar-refractivity contribution in [2.75, 3.05) is 6.54 Å². The number of aliphatic carboxylic acids is 1. The summed E-state index contributed by atoms with van der Waals surface area (Å²) in [4.78, 5) is 13.4. The highest BCUT2D eigenvalue weighted by atomic mass is 16.4. The molecule has 1 aromatic rings. The minimum absolute atomic E-state index is 0.279. The third kappa shape index (κ3) is 4.31. The molecule has 2 rings (SSSR count). The smallest absolute Gasteiger partial charge is 0.303 e. The number of carboxylic acid groups (broad SMARTS) is 1. The molecule has 2 unspecified atom stereocenters. The van der Waals surface area contributed by atoms with Crippen molar-refractivity contribution < 1.29 is 9.90 Å². The highest BCUT2D eigenvalue weighted by Gasteiger charge is 2.27. The summed E-state index contributed by atoms with van der Waals surface area (Å²) in [5.41, 5.74) is 3.96. The molecule has 116 valence electrons. The summed E-state index contributed by atoms with van der Waals surface area (Å²) >= 11 is 0. The average Bonchev–Trinajstić information content (AvgIpc) is 2.43. The second-order valence-corrected chi connectivity index (χ2v) is 6.42. The fourth-order valence-electron chi connectivity index (χ4n) is 3.58. The van der Waals surface area contributed by atoms with Crippen LogP contribution in [0.15, 0.2) is 18.2 Å². The second-order valence-electron chi connectivity index (χ2n) is 6.42. The van der Waals surface area contributed by atoms with Gasteiger partial charge in [0, 0.05) is 18.5 Å². The minimum Gasteiger partial charge on any atom is -0.481 e. The van der Waals surface area contributed by atoms with E-state index in [9.17, 15) is 4.79 Å². The molecule has 0 saturated carbocycles. The summed E-state index contributed by atoms with van der Waals surface area (Å²) in [5, 5.41) is 8.94. The average molecular weight is 289 g/mol. The molecule has 0 aromatic heterocycles. The lowest BCUT2D eigenvalue weighted by Crippen LogP contribution is -2.41. The van der Waals surface area contributed by atoms with Crippen LogP contribution >= 0.6 is 0 Å². The molecule has 21 heavy (non-hydrogen) atoms. The summed E-state index contributed by atoms with van der Waals surface area (Å²) in [6.07, 6.45) is 4.62. The SMILES string of the molecule is Cc1cc(C)cc(C(C)N2CCCCC2CCC(=O)O)c1. The molecule has 1 heterocycles. The zero-order chi connectivity index (χ0) is 15.4. The molecule has 1 N–H and O–H groups in total. The van der Waals surface area contributed by atoms with Gasteiger partial charge in [0.25, 0.3) is 0 Å². The van der Waals surface area contributed by atoms with Gasteiger partial charge >= 0.3 is 5.97 Å². The van der Waals surface area contributed by atoms with Crippen LogP contribution < -0.4 is 0 Å². The molecular weight excluding hydrogens is 262 g/mol. The van der Waals surface area contributed by atoms with Gasteiger partial charge in [-0.1, -0.05) is 35.7 Å². The van der Waals surface area contributed by atoms with Crippen molar-refractivity contribution in [3.05, 3.63) is 34.9 Å². The monoisotopic (exact) mass is 289 g/mol. The summed E-state index contributed by atoms with van der Waals surface area (Å²) in [5.74, 6) is -0.681. The van der Waals surface area contributed by atoms with Crippen LogP contribution in [0.5, 0.6) is 0 Å². The first-order valence-corrected chi connectivity index (χ1v) is 8.03. The van der Waals surface area contributed by atoms with E-state index in [0.29, 0.717) is 12.1 Å². The van der Waals surface area contributed by atoms with Crippen molar-refractivity contribution >= 4 is 5.97 Å². The van der Waals surface area contributed by atoms with Gasteiger partial charge in [0.05, 0.1) is 0 Å². The van der Waals surface area contributed by atoms with Gasteiger partial charge in [0.15, 0.2) is 0 Å². The van der Waals surface area contributed by atoms with E-state index < -0.39 is 5.97 Å². The summed E-state index contributed by atoms with van der Waals surface area (Å²) in [6.45, 7) is 7.62. The van der Waals surface area contributed by atoms with E-state index in [1.807, 2.05) is 0 Å². The van der Waals surface area contributed by atoms with Crippen LogP contribution in [-0.2, 0) is 4.79 Å². The van der Waals surface area contributed by atoms with Crippen molar-refractivity contribution in [2.24, 2.45) is 0 Å². The van der Waals surface area contributed by atoms with Crippen molar-refractivity contribution in [2.45, 2.75) is 65.0 Å². The van der Waals surface area contributed by atoms with Crippen LogP contribution in [0.4, 0.5) is 0 Å². The maximum atomic E-state index is 10.9. The summed E-state index contributed by atoms with van der Waals surface area (Å²) in [7, 11) is 0. The second kappa shape index (κ2) is 7.08. The third-order valence-corrected chi connectivity index (χ3v) is 4.59. The van der Waals surface area contributed by atoms with Crippen molar-refractivity contribution in [1.82, 2.24) is 4.90 Å². The highest BCUT2D eigenvalue weighted by Crippen LogP contribution is 2.31. The quantitative estimate of drug-likeness (QED) is 0.887. The topological polar surface area (TPSA) is 40.5 Å². The Morgan fingerprint density at radius 3 is 2.57 bits per heavy atom. The van der Waals surface area contributed by atoms with Crippen LogP contribution in [0.25, 0.3) is 0 Å². The van der Waals surface area contributed by atoms with Gasteiger partial charge in [-0.3, -0.25) is 9.69 Å². The van der Waals surface area contributed by atoms with Crippen LogP contribution in [0.1, 0.15) is 61.8 Å². The van der Waals surface area contributed by atoms with Gasteiger partial charge in [0.1, 0.15) is 0 Å². The third-order valence-electron chi connectivity index (χ3n) is 4.59. The maximum Gasteiger partial charge on any atom is 0.303 e. The molecule has 3 heteroatoms. The van der Waals surface area contributed by atoms with E-state index in [0.717, 1.165) is 19.4 Å². The van der Waals surface area contributed by atoms with Gasteiger partial charge < -0.3 is 5.11 Å². The molecule has 0 aliphatic carbocycles. The van der Waals surface area contributed by atoms with Gasteiger partial charge in [-0.05, 0) is 52.1 Å². The van der Waals surface area contributed by atoms with E-state index in [1.165, 1.54) is 29.5 Å². The normalized spacial score (nSPS) is 21.2. The van der Waals surface area contributed by atoms with E-state index in [-0.39, 0.29) is 6.42 Å². The first-order valence-electron chi connectivity index (χ1n) is 8.03. The molecule has 0 bridgehead atoms. The molecule has 1 saturated heterocycles. The Morgan fingerprint density at radius 1 is 1.29 bits per heavy atom. The van der Waals surface area contributed by atoms with Crippen molar-refractivity contribution in [1.29, 1.82) is 0 Å². The number of hydrogen-bond donors (Lipinski definition) is 1. The molecule has 1 fully saturated rings. The number of hydrogen-bond acceptors (Lipinski definition) is 2. The van der Waals surface area contributed by atoms with Crippen LogP contribution in [0.2, 0.25) is 0 Å². The number of benzene rings is 1. The number of carbonyl (C=O) groups is 1. The summed E-state index contributed by atoms with van der Waals surface area (Å²) in [6, 6.07) is 7.50. The Morgan fingerprint density at radius 2 is 1.95 bits per heavy atom. The van der Waals surface area contributed by atoms with E-state index in [2.05, 4.69) is 43.9 Å². The fourth-order valence-corrected chi connectivity index (χ4v) is 3.58. The van der Waals surface area contributed by atoms with Gasteiger partial charge in [-0.2, -0.15) is 0 Å². The lowest BCUT2D eigenvalue weighted by molar-refractivity contribution is -0.137. The van der Waals surface area contributed by atoms with E-state index in [4.69, 9.17) is 5.11 Å². The predicted molar refractivity (Wildman–Crippen MR) is 85.5 cm³/mol. The van der Waals surface area contributed by atoms with E-state index >= 15 is 0 Å². The number of rotatable bonds is 5. The Labute approximate surface area is 128 Å². The molecule has 2 atom stereocenters. The highest BCUT2D eigenvalue weighted by molar-refractivity contribution is 5.66. The van der Waals surface area contributed by atoms with Gasteiger partial charge in [-0.25, -0.2) is 0 Å². The predicted octanol–water partition coefficient (Wildman–Crippen LogP) is 4.08. The van der Waals surface area contributed by atoms with Crippen molar-refractivity contribution in [3.63, 3.8) is 0 Å². The van der Waals surface area contributed by atoms with Gasteiger partial charge in [-0.15, -0.1) is 0 Å². The Kier molecular flexibility index (Phi) is 5.40. The largest absolute Gasteiger partial charge is 0.481 e. The minimum atomic E-state index is -0.681. The molecule has 3 nitrogen and oxygen atoms in total. The van der Waals surface area contributed by atoms with Crippen LogP contribution in [0.3, 0.4) is 0 Å². The number of aryl methyl sites for hydroxylation is 2. The number of carboxylic acids is 1. The molecule has 0 amide bonds. The zero-order valence-corrected chi connectivity index (χ0v) is 13.4. The molecule has 0 radical (unpaired) electrons. The number of nitrogens with zero attached hydrogens (tertiary/aromatic N) is 1. The van der Waals surface area contributed by atoms with Gasteiger partial charge in [0.2, 0.25) is 0 Å². The maximum absolute atomic E-state index is 10.9. The first kappa shape index (κ1) is 16.0.